The van der Waals surface area contributed by atoms with Gasteiger partial charge in [0.05, 0.1) is 0 Å². The first kappa shape index (κ1) is 9.32. The van der Waals surface area contributed by atoms with Gasteiger partial charge in [0.1, 0.15) is 5.75 Å². The molecule has 0 aliphatic carbocycles. The molecule has 0 unspecified atom stereocenters. The molecule has 0 atom stereocenters. The molecule has 0 aliphatic heterocycles. The number of nitrogens with one attached hydrogen (secondary N) is 2. The van der Waals surface area contributed by atoms with Gasteiger partial charge in [-0.05, 0) is 17.7 Å². The van der Waals surface area contributed by atoms with Gasteiger partial charge in [0.15, 0.2) is 0 Å². The molecule has 0 radical (unpaired) electrons. The van der Waals surface area contributed by atoms with E-state index in [2.05, 4.69) is 5.32 Å². The zero-order valence-electron chi connectivity index (χ0n) is 7.41. The number of phenols is 1. The summed E-state index contributed by atoms with van der Waals surface area (Å²) in [4.78, 5) is 0. The molecule has 3 N–H and O–H groups in total. The van der Waals surface area contributed by atoms with Gasteiger partial charge in [0.2, 0.25) is 0 Å². The molecule has 0 aliphatic rings. The van der Waals surface area contributed by atoms with E-state index in [-0.39, 0.29) is 5.75 Å². The predicted molar refractivity (Wildman–Crippen MR) is 53.9 cm³/mol. The summed E-state index contributed by atoms with van der Waals surface area (Å²) >= 11 is 0. The van der Waals surface area contributed by atoms with Gasteiger partial charge in [0, 0.05) is 25.0 Å². The lowest BCUT2D eigenvalue weighted by Crippen LogP contribution is -1.96. The highest BCUT2D eigenvalue weighted by molar-refractivity contribution is 6.08. The largest absolute Gasteiger partial charge is 0.508 e. The molecule has 1 aromatic rings. The maximum absolute atomic E-state index is 9.05. The van der Waals surface area contributed by atoms with Crippen LogP contribution in [0.2, 0.25) is 0 Å². The van der Waals surface area contributed by atoms with Gasteiger partial charge < -0.3 is 15.8 Å². The Morgan fingerprint density at radius 3 is 2.46 bits per heavy atom. The van der Waals surface area contributed by atoms with Crippen molar-refractivity contribution < 1.29 is 5.11 Å². The van der Waals surface area contributed by atoms with E-state index in [0.717, 1.165) is 11.1 Å². The number of rotatable bonds is 3. The average Bonchev–Trinajstić information content (AvgIpc) is 2.16. The van der Waals surface area contributed by atoms with Crippen molar-refractivity contribution in [3.63, 3.8) is 0 Å². The van der Waals surface area contributed by atoms with Crippen LogP contribution >= 0.6 is 0 Å². The monoisotopic (exact) mass is 176 g/mol. The second-order valence-electron chi connectivity index (χ2n) is 2.58. The lowest BCUT2D eigenvalue weighted by atomic mass is 10.1. The van der Waals surface area contributed by atoms with Crippen LogP contribution in [0.5, 0.6) is 5.75 Å². The third-order valence-electron chi connectivity index (χ3n) is 1.66. The quantitative estimate of drug-likeness (QED) is 0.613. The molecule has 68 valence electrons. The van der Waals surface area contributed by atoms with E-state index in [0.29, 0.717) is 0 Å². The number of hydrogen-bond donors (Lipinski definition) is 3. The Balaban J connectivity index is 2.99. The molecule has 3 heteroatoms. The van der Waals surface area contributed by atoms with Crippen LogP contribution < -0.4 is 5.32 Å². The molecule has 0 saturated carbocycles. The van der Waals surface area contributed by atoms with Gasteiger partial charge in [-0.15, -0.1) is 0 Å². The van der Waals surface area contributed by atoms with E-state index in [1.54, 1.807) is 37.5 Å². The Morgan fingerprint density at radius 2 is 2.00 bits per heavy atom. The molecule has 0 bridgehead atoms. The van der Waals surface area contributed by atoms with E-state index in [9.17, 15) is 0 Å². The number of phenolic OH excluding ortho intramolecular Hbond substituents is 1. The fraction of sp³-hybridized carbons (Fsp3) is 0.100. The van der Waals surface area contributed by atoms with E-state index >= 15 is 0 Å². The Bertz CT molecular complexity index is 314. The van der Waals surface area contributed by atoms with Crippen molar-refractivity contribution in [2.75, 3.05) is 7.05 Å². The number of aromatic hydroxyl groups is 1. The minimum atomic E-state index is 0.234. The van der Waals surface area contributed by atoms with Crippen molar-refractivity contribution in [1.82, 2.24) is 5.32 Å². The van der Waals surface area contributed by atoms with Gasteiger partial charge in [-0.3, -0.25) is 0 Å². The maximum Gasteiger partial charge on any atom is 0.115 e. The zero-order chi connectivity index (χ0) is 9.68. The van der Waals surface area contributed by atoms with Crippen molar-refractivity contribution >= 4 is 11.8 Å². The fourth-order valence-corrected chi connectivity index (χ4v) is 1.02. The topological polar surface area (TPSA) is 56.1 Å². The summed E-state index contributed by atoms with van der Waals surface area (Å²) in [7, 11) is 1.78. The highest BCUT2D eigenvalue weighted by atomic mass is 16.3. The van der Waals surface area contributed by atoms with Crippen LogP contribution in [0.1, 0.15) is 5.56 Å². The summed E-state index contributed by atoms with van der Waals surface area (Å²) in [5, 5.41) is 19.1. The van der Waals surface area contributed by atoms with Crippen LogP contribution in [0.15, 0.2) is 30.5 Å². The fourth-order valence-electron chi connectivity index (χ4n) is 1.02. The van der Waals surface area contributed by atoms with Crippen LogP contribution in [0, 0.1) is 5.41 Å². The van der Waals surface area contributed by atoms with Crippen molar-refractivity contribution in [2.24, 2.45) is 0 Å². The molecular formula is C10H12N2O. The Labute approximate surface area is 77.2 Å². The van der Waals surface area contributed by atoms with E-state index in [1.807, 2.05) is 0 Å². The minimum Gasteiger partial charge on any atom is -0.508 e. The van der Waals surface area contributed by atoms with E-state index in [4.69, 9.17) is 10.5 Å². The van der Waals surface area contributed by atoms with Crippen LogP contribution in [0.3, 0.4) is 0 Å². The zero-order valence-corrected chi connectivity index (χ0v) is 7.41. The molecule has 0 aromatic heterocycles. The first-order valence-corrected chi connectivity index (χ1v) is 3.95. The summed E-state index contributed by atoms with van der Waals surface area (Å²) in [6, 6.07) is 6.73. The molecule has 0 amide bonds. The standard InChI is InChI=1S/C10H12N2O/c1-12-7-9(6-11)8-2-4-10(13)5-3-8/h2-7,11-13H,1H3/b9-7+,11-6?. The number of hydrogen-bond acceptors (Lipinski definition) is 3. The lowest BCUT2D eigenvalue weighted by molar-refractivity contribution is 0.475. The highest BCUT2D eigenvalue weighted by Gasteiger charge is 1.96. The second-order valence-corrected chi connectivity index (χ2v) is 2.58. The molecule has 0 fully saturated rings. The summed E-state index contributed by atoms with van der Waals surface area (Å²) in [5.74, 6) is 0.234. The number of benzene rings is 1. The third kappa shape index (κ3) is 2.33. The molecule has 0 saturated heterocycles. The Hall–Kier alpha value is -1.77. The summed E-state index contributed by atoms with van der Waals surface area (Å²) in [6.45, 7) is 0. The molecule has 0 spiro atoms. The van der Waals surface area contributed by atoms with E-state index < -0.39 is 0 Å². The normalized spacial score (nSPS) is 11.0. The lowest BCUT2D eigenvalue weighted by Gasteiger charge is -2.01. The van der Waals surface area contributed by atoms with Gasteiger partial charge >= 0.3 is 0 Å². The SMILES string of the molecule is CN/C=C(\C=N)c1ccc(O)cc1. The smallest absolute Gasteiger partial charge is 0.115 e. The van der Waals surface area contributed by atoms with Crippen molar-refractivity contribution in [1.29, 1.82) is 5.41 Å². The van der Waals surface area contributed by atoms with Gasteiger partial charge in [-0.2, -0.15) is 0 Å². The van der Waals surface area contributed by atoms with Crippen molar-refractivity contribution in [3.8, 4) is 5.75 Å². The van der Waals surface area contributed by atoms with E-state index in [1.165, 1.54) is 6.21 Å². The predicted octanol–water partition coefficient (Wildman–Crippen LogP) is 1.60. The molecule has 13 heavy (non-hydrogen) atoms. The van der Waals surface area contributed by atoms with Gasteiger partial charge in [-0.1, -0.05) is 12.1 Å². The minimum absolute atomic E-state index is 0.234. The van der Waals surface area contributed by atoms with Gasteiger partial charge in [0.25, 0.3) is 0 Å². The second kappa shape index (κ2) is 4.30. The van der Waals surface area contributed by atoms with Crippen molar-refractivity contribution in [3.05, 3.63) is 36.0 Å². The summed E-state index contributed by atoms with van der Waals surface area (Å²) in [6.07, 6.45) is 3.00. The van der Waals surface area contributed by atoms with Gasteiger partial charge in [-0.25, -0.2) is 0 Å². The van der Waals surface area contributed by atoms with Crippen LogP contribution in [-0.2, 0) is 0 Å². The number of allylic oxidation sites excluding steroid dienone is 1. The first-order chi connectivity index (χ1) is 6.27. The molecule has 3 nitrogen and oxygen atoms in total. The van der Waals surface area contributed by atoms with Crippen LogP contribution in [0.4, 0.5) is 0 Å². The summed E-state index contributed by atoms with van der Waals surface area (Å²) in [5.41, 5.74) is 1.68. The maximum atomic E-state index is 9.05. The molecule has 0 heterocycles. The van der Waals surface area contributed by atoms with Crippen LogP contribution in [-0.4, -0.2) is 18.4 Å². The van der Waals surface area contributed by atoms with Crippen LogP contribution in [0.25, 0.3) is 5.57 Å². The third-order valence-corrected chi connectivity index (χ3v) is 1.66. The Kier molecular flexibility index (Phi) is 3.09. The highest BCUT2D eigenvalue weighted by Crippen LogP contribution is 2.15. The van der Waals surface area contributed by atoms with Crippen molar-refractivity contribution in [2.45, 2.75) is 0 Å². The molecular weight excluding hydrogens is 164 g/mol. The molecule has 1 aromatic carbocycles. The Morgan fingerprint density at radius 1 is 1.38 bits per heavy atom. The average molecular weight is 176 g/mol. The summed E-state index contributed by atoms with van der Waals surface area (Å²) < 4.78 is 0. The molecule has 1 rings (SSSR count). The first-order valence-electron chi connectivity index (χ1n) is 3.95.